The van der Waals surface area contributed by atoms with Gasteiger partial charge in [0.15, 0.2) is 12.6 Å². The zero-order chi connectivity index (χ0) is 42.8. The number of nitrogens with one attached hydrogen (secondary N) is 1. The summed E-state index contributed by atoms with van der Waals surface area (Å²) in [5.74, 6) is -2.64. The van der Waals surface area contributed by atoms with E-state index in [1.165, 1.54) is 14.0 Å². The minimum absolute atomic E-state index is 0.145. The number of esters is 1. The molecule has 3 fully saturated rings. The van der Waals surface area contributed by atoms with Crippen LogP contribution in [0, 0.1) is 23.2 Å². The minimum atomic E-state index is -1.78. The van der Waals surface area contributed by atoms with Gasteiger partial charge in [0.2, 0.25) is 0 Å². The van der Waals surface area contributed by atoms with E-state index in [1.54, 1.807) is 39.2 Å². The molecule has 0 spiro atoms. The third kappa shape index (κ3) is 11.4. The monoisotopic (exact) mass is 811 g/mol. The second-order valence-corrected chi connectivity index (χ2v) is 18.0. The lowest BCUT2D eigenvalue weighted by molar-refractivity contribution is -0.307. The second kappa shape index (κ2) is 19.1. The molecule has 1 aromatic rings. The largest absolute Gasteiger partial charge is 0.462 e. The number of aromatic nitrogens is 3. The number of methoxy groups -OCH3 is 1. The highest BCUT2D eigenvalue weighted by molar-refractivity contribution is 6.05. The first-order valence-corrected chi connectivity index (χ1v) is 20.4. The van der Waals surface area contributed by atoms with Crippen molar-refractivity contribution in [1.82, 2.24) is 24.7 Å². The van der Waals surface area contributed by atoms with Crippen LogP contribution in [0.3, 0.4) is 0 Å². The highest BCUT2D eigenvalue weighted by Crippen LogP contribution is 2.39. The Bertz CT molecular complexity index is 1490. The van der Waals surface area contributed by atoms with Crippen molar-refractivity contribution in [3.8, 4) is 0 Å². The Morgan fingerprint density at radius 3 is 2.33 bits per heavy atom. The van der Waals surface area contributed by atoms with Crippen LogP contribution < -0.4 is 0 Å². The van der Waals surface area contributed by atoms with Gasteiger partial charge in [-0.1, -0.05) is 19.1 Å². The molecule has 0 saturated carbocycles. The molecule has 4 rings (SSSR count). The summed E-state index contributed by atoms with van der Waals surface area (Å²) in [4.78, 5) is 18.0. The normalized spacial score (nSPS) is 43.7. The summed E-state index contributed by atoms with van der Waals surface area (Å²) in [6, 6.07) is -0.892. The lowest BCUT2D eigenvalue weighted by Gasteiger charge is -2.48. The molecular formula is C39H71BN6O11. The highest BCUT2D eigenvalue weighted by Gasteiger charge is 2.51. The van der Waals surface area contributed by atoms with Crippen molar-refractivity contribution in [2.45, 2.75) is 166 Å². The lowest BCUT2D eigenvalue weighted by Crippen LogP contribution is -2.60. The molecule has 4 heterocycles. The number of aliphatic hydroxyl groups is 4. The zero-order valence-corrected chi connectivity index (χ0v) is 36.4. The summed E-state index contributed by atoms with van der Waals surface area (Å²) < 4.78 is 39.2. The van der Waals surface area contributed by atoms with Crippen LogP contribution in [0.5, 0.6) is 0 Å². The number of nitrogens with zero attached hydrogens (tertiary/aromatic N) is 5. The summed E-state index contributed by atoms with van der Waals surface area (Å²) >= 11 is 0. The number of aliphatic hydroxyl groups excluding tert-OH is 2. The second-order valence-electron chi connectivity index (χ2n) is 18.0. The highest BCUT2D eigenvalue weighted by atomic mass is 16.7. The quantitative estimate of drug-likeness (QED) is 0.169. The van der Waals surface area contributed by atoms with E-state index in [-0.39, 0.29) is 36.6 Å². The number of rotatable bonds is 9. The number of ether oxygens (including phenoxy) is 6. The summed E-state index contributed by atoms with van der Waals surface area (Å²) in [6.07, 6.45) is -4.18. The molecule has 0 aromatic carbocycles. The number of carbonyl (C=O) groups is 1. The molecular weight excluding hydrogens is 739 g/mol. The van der Waals surface area contributed by atoms with Crippen LogP contribution in [0.1, 0.15) is 87.3 Å². The fourth-order valence-corrected chi connectivity index (χ4v) is 8.92. The third-order valence-electron chi connectivity index (χ3n) is 12.6. The molecule has 1 aromatic heterocycles. The number of likely N-dealkylation sites (N-methyl/N-ethyl adjacent to an activating group) is 2. The molecule has 326 valence electrons. The maximum atomic E-state index is 14.0. The lowest BCUT2D eigenvalue weighted by atomic mass is 9.77. The van der Waals surface area contributed by atoms with Gasteiger partial charge in [-0.15, -0.1) is 5.10 Å². The van der Waals surface area contributed by atoms with Gasteiger partial charge in [-0.3, -0.25) is 4.79 Å². The average Bonchev–Trinajstić information content (AvgIpc) is 3.56. The van der Waals surface area contributed by atoms with Crippen molar-refractivity contribution in [3.05, 3.63) is 11.9 Å². The van der Waals surface area contributed by atoms with Crippen LogP contribution in [0.4, 0.5) is 0 Å². The van der Waals surface area contributed by atoms with Crippen LogP contribution in [0.15, 0.2) is 6.20 Å². The number of carbonyl (C=O) groups excluding carboxylic acids is 1. The van der Waals surface area contributed by atoms with E-state index >= 15 is 0 Å². The molecule has 0 aliphatic carbocycles. The molecule has 16 atom stereocenters. The van der Waals surface area contributed by atoms with Gasteiger partial charge in [0, 0.05) is 57.2 Å². The van der Waals surface area contributed by atoms with Gasteiger partial charge in [0.25, 0.3) is 7.98 Å². The van der Waals surface area contributed by atoms with Crippen molar-refractivity contribution in [3.63, 3.8) is 0 Å². The van der Waals surface area contributed by atoms with Crippen molar-refractivity contribution < 1.29 is 53.6 Å². The van der Waals surface area contributed by atoms with Crippen LogP contribution in [0.25, 0.3) is 0 Å². The van der Waals surface area contributed by atoms with E-state index in [0.717, 1.165) is 5.69 Å². The molecule has 0 unspecified atom stereocenters. The number of cyclic esters (lactones) is 1. The maximum Gasteiger partial charge on any atom is 0.311 e. The molecule has 18 heteroatoms. The first kappa shape index (κ1) is 47.6. The maximum absolute atomic E-state index is 14.0. The topological polar surface area (TPSA) is 214 Å². The van der Waals surface area contributed by atoms with Crippen LogP contribution in [0.2, 0.25) is 0 Å². The van der Waals surface area contributed by atoms with Gasteiger partial charge in [0.1, 0.15) is 30.0 Å². The molecule has 3 aliphatic rings. The van der Waals surface area contributed by atoms with Gasteiger partial charge in [-0.25, -0.2) is 0 Å². The number of hydrogen-bond acceptors (Lipinski definition) is 16. The fraction of sp³-hybridized carbons (Fsp3) is 0.897. The first-order chi connectivity index (χ1) is 26.4. The summed E-state index contributed by atoms with van der Waals surface area (Å²) in [7, 11) is 7.10. The molecule has 3 aliphatic heterocycles. The Kier molecular flexibility index (Phi) is 15.9. The Labute approximate surface area is 339 Å². The van der Waals surface area contributed by atoms with Crippen LogP contribution in [-0.4, -0.2) is 184 Å². The van der Waals surface area contributed by atoms with E-state index < -0.39 is 90.4 Å². The molecule has 0 radical (unpaired) electrons. The van der Waals surface area contributed by atoms with E-state index in [4.69, 9.17) is 33.8 Å². The molecule has 17 nitrogen and oxygen atoms in total. The standard InChI is InChI=1S/C39H71BN6O11/c1-21-16-37(7,50)34(57-36-30(47)28(15-22(2)54-36)44(10)14-13-27-19-46(40)43-42-27)23(3)31(56-29-17-39(9,52-12)32(41)26(6)55-29)24(4)35(49)53-20-38(8,51)33(48)25(5)45(11)18-21/h19,21-26,28-31,33-34,36,41,47-48,50-51H,13-18,20,40H2,1-12H3/t21-,22-,23-,24-,25-,26+,28+,29+,30-,31-,33-,34-,36+,37-,38-,39-/m1/s1. The molecule has 0 bridgehead atoms. The zero-order valence-electron chi connectivity index (χ0n) is 36.4. The van der Waals surface area contributed by atoms with Crippen LogP contribution >= 0.6 is 0 Å². The molecule has 0 amide bonds. The van der Waals surface area contributed by atoms with Crippen molar-refractivity contribution in [2.75, 3.05) is 40.9 Å². The van der Waals surface area contributed by atoms with Gasteiger partial charge < -0.3 is 68.6 Å². The van der Waals surface area contributed by atoms with Crippen LogP contribution in [-0.2, 0) is 39.6 Å². The van der Waals surface area contributed by atoms with E-state index in [9.17, 15) is 25.2 Å². The smallest absolute Gasteiger partial charge is 0.311 e. The van der Waals surface area contributed by atoms with Gasteiger partial charge in [-0.05, 0) is 81.3 Å². The van der Waals surface area contributed by atoms with E-state index in [1.807, 2.05) is 53.9 Å². The predicted octanol–water partition coefficient (Wildman–Crippen LogP) is 0.382. The Morgan fingerprint density at radius 2 is 1.72 bits per heavy atom. The van der Waals surface area contributed by atoms with Gasteiger partial charge >= 0.3 is 5.97 Å². The summed E-state index contributed by atoms with van der Waals surface area (Å²) in [6.45, 7) is 16.3. The minimum Gasteiger partial charge on any atom is -0.462 e. The summed E-state index contributed by atoms with van der Waals surface area (Å²) in [5, 5.41) is 64.0. The molecule has 5 N–H and O–H groups in total. The van der Waals surface area contributed by atoms with Crippen molar-refractivity contribution >= 4 is 19.7 Å². The third-order valence-corrected chi connectivity index (χ3v) is 12.6. The van der Waals surface area contributed by atoms with Gasteiger partial charge in [0.05, 0.1) is 47.3 Å². The van der Waals surface area contributed by atoms with Crippen molar-refractivity contribution in [1.29, 1.82) is 5.41 Å². The fourth-order valence-electron chi connectivity index (χ4n) is 8.92. The van der Waals surface area contributed by atoms with Gasteiger partial charge in [-0.2, -0.15) is 0 Å². The summed E-state index contributed by atoms with van der Waals surface area (Å²) in [5.41, 5.74) is -3.29. The van der Waals surface area contributed by atoms with E-state index in [2.05, 4.69) is 15.2 Å². The molecule has 3 saturated heterocycles. The molecule has 57 heavy (non-hydrogen) atoms. The SMILES string of the molecule is Bn1cc(CCN(C)[C@H]2C[C@@H](C)O[C@@H](O[C@@H]3[C@H](C)[C@@H](O[C@H]4C[C@@](C)(OC)C(=N)[C@H](C)O4)[C@@H](C)C(=O)OC[C@@](C)(O)[C@H](O)[C@@H](C)N(C)C[C@H](C)C[C@@]3(C)O)[C@@H]2O)nn1. The predicted molar refractivity (Wildman–Crippen MR) is 213 cm³/mol. The average molecular weight is 811 g/mol. The Morgan fingerprint density at radius 1 is 1.05 bits per heavy atom. The Balaban J connectivity index is 1.73. The first-order valence-electron chi connectivity index (χ1n) is 20.4. The Hall–Kier alpha value is -2.10. The number of hydrogen-bond donors (Lipinski definition) is 5. The van der Waals surface area contributed by atoms with E-state index in [0.29, 0.717) is 25.9 Å². The van der Waals surface area contributed by atoms with Crippen molar-refractivity contribution in [2.24, 2.45) is 17.8 Å².